The zero-order valence-corrected chi connectivity index (χ0v) is 10.8. The molecule has 6 heteroatoms. The number of aromatic hydroxyl groups is 1. The number of amides is 1. The molecule has 1 aromatic carbocycles. The van der Waals surface area contributed by atoms with Gasteiger partial charge in [-0.15, -0.1) is 0 Å². The standard InChI is InChI=1S/C15H11N3O3/c19-13-9-5-1-2-6-10(9)17-14(20)12(13)15(21)18-11-7-3-4-8-16-11/h1-8H,(H,16,18,21)(H2,17,19,20). The lowest BCUT2D eigenvalue weighted by atomic mass is 10.1. The fourth-order valence-corrected chi connectivity index (χ4v) is 2.05. The van der Waals surface area contributed by atoms with Gasteiger partial charge in [0, 0.05) is 11.6 Å². The summed E-state index contributed by atoms with van der Waals surface area (Å²) in [7, 11) is 0. The van der Waals surface area contributed by atoms with Crippen LogP contribution in [0.15, 0.2) is 53.5 Å². The number of H-pyrrole nitrogens is 1. The van der Waals surface area contributed by atoms with Crippen molar-refractivity contribution in [3.8, 4) is 5.75 Å². The van der Waals surface area contributed by atoms with Crippen LogP contribution in [0.2, 0.25) is 0 Å². The zero-order valence-electron chi connectivity index (χ0n) is 10.8. The first-order valence-corrected chi connectivity index (χ1v) is 6.23. The van der Waals surface area contributed by atoms with E-state index in [9.17, 15) is 14.7 Å². The number of nitrogens with zero attached hydrogens (tertiary/aromatic N) is 1. The van der Waals surface area contributed by atoms with E-state index < -0.39 is 11.5 Å². The summed E-state index contributed by atoms with van der Waals surface area (Å²) < 4.78 is 0. The monoisotopic (exact) mass is 281 g/mol. The number of aromatic amines is 1. The molecular formula is C15H11N3O3. The van der Waals surface area contributed by atoms with Crippen molar-refractivity contribution in [1.82, 2.24) is 9.97 Å². The third kappa shape index (κ3) is 2.34. The van der Waals surface area contributed by atoms with Gasteiger partial charge in [-0.1, -0.05) is 18.2 Å². The molecule has 2 heterocycles. The summed E-state index contributed by atoms with van der Waals surface area (Å²) in [6.45, 7) is 0. The van der Waals surface area contributed by atoms with Crippen molar-refractivity contribution in [2.45, 2.75) is 0 Å². The fourth-order valence-electron chi connectivity index (χ4n) is 2.05. The number of para-hydroxylation sites is 1. The number of hydrogen-bond acceptors (Lipinski definition) is 4. The smallest absolute Gasteiger partial charge is 0.266 e. The van der Waals surface area contributed by atoms with Crippen LogP contribution < -0.4 is 10.9 Å². The molecule has 0 aliphatic rings. The molecule has 0 atom stereocenters. The maximum absolute atomic E-state index is 12.2. The maximum Gasteiger partial charge on any atom is 0.266 e. The zero-order chi connectivity index (χ0) is 14.8. The van der Waals surface area contributed by atoms with Gasteiger partial charge in [-0.25, -0.2) is 4.98 Å². The molecule has 3 rings (SSSR count). The molecule has 0 fully saturated rings. The Kier molecular flexibility index (Phi) is 3.12. The molecule has 3 aromatic rings. The number of nitrogens with one attached hydrogen (secondary N) is 2. The highest BCUT2D eigenvalue weighted by Gasteiger charge is 2.19. The Labute approximate surface area is 119 Å². The highest BCUT2D eigenvalue weighted by molar-refractivity contribution is 6.08. The maximum atomic E-state index is 12.2. The van der Waals surface area contributed by atoms with Gasteiger partial charge in [0.2, 0.25) is 0 Å². The fraction of sp³-hybridized carbons (Fsp3) is 0. The highest BCUT2D eigenvalue weighted by atomic mass is 16.3. The van der Waals surface area contributed by atoms with Crippen LogP contribution in [0.4, 0.5) is 5.82 Å². The summed E-state index contributed by atoms with van der Waals surface area (Å²) in [6, 6.07) is 11.7. The van der Waals surface area contributed by atoms with Gasteiger partial charge in [-0.05, 0) is 24.3 Å². The van der Waals surface area contributed by atoms with E-state index in [1.165, 1.54) is 6.20 Å². The summed E-state index contributed by atoms with van der Waals surface area (Å²) in [5, 5.41) is 13.1. The summed E-state index contributed by atoms with van der Waals surface area (Å²) >= 11 is 0. The number of fused-ring (bicyclic) bond motifs is 1. The van der Waals surface area contributed by atoms with Crippen LogP contribution in [0.25, 0.3) is 10.9 Å². The number of pyridine rings is 2. The number of aromatic nitrogens is 2. The summed E-state index contributed by atoms with van der Waals surface area (Å²) in [5.41, 5.74) is -0.520. The Bertz CT molecular complexity index is 872. The van der Waals surface area contributed by atoms with E-state index in [-0.39, 0.29) is 11.3 Å². The lowest BCUT2D eigenvalue weighted by Crippen LogP contribution is -2.23. The number of hydrogen-bond donors (Lipinski definition) is 3. The van der Waals surface area contributed by atoms with Gasteiger partial charge in [0.15, 0.2) is 0 Å². The first kappa shape index (κ1) is 12.9. The first-order valence-electron chi connectivity index (χ1n) is 6.23. The third-order valence-corrected chi connectivity index (χ3v) is 3.03. The van der Waals surface area contributed by atoms with Crippen LogP contribution in [0.3, 0.4) is 0 Å². The van der Waals surface area contributed by atoms with Crippen LogP contribution in [0.5, 0.6) is 5.75 Å². The average Bonchev–Trinajstić information content (AvgIpc) is 2.48. The van der Waals surface area contributed by atoms with Crippen LogP contribution in [0, 0.1) is 0 Å². The van der Waals surface area contributed by atoms with Gasteiger partial charge >= 0.3 is 0 Å². The highest BCUT2D eigenvalue weighted by Crippen LogP contribution is 2.24. The van der Waals surface area contributed by atoms with Crippen LogP contribution in [-0.2, 0) is 0 Å². The van der Waals surface area contributed by atoms with Crippen molar-refractivity contribution in [1.29, 1.82) is 0 Å². The van der Waals surface area contributed by atoms with Crippen molar-refractivity contribution >= 4 is 22.6 Å². The SMILES string of the molecule is O=C(Nc1ccccn1)c1c(O)c2ccccc2[nH]c1=O. The minimum atomic E-state index is -0.710. The van der Waals surface area contributed by atoms with Crippen molar-refractivity contribution in [2.75, 3.05) is 5.32 Å². The molecule has 0 radical (unpaired) electrons. The Balaban J connectivity index is 2.08. The Morgan fingerprint density at radius 1 is 1.14 bits per heavy atom. The lowest BCUT2D eigenvalue weighted by Gasteiger charge is -2.07. The number of benzene rings is 1. The Morgan fingerprint density at radius 2 is 1.90 bits per heavy atom. The number of carbonyl (C=O) groups excluding carboxylic acids is 1. The molecule has 3 N–H and O–H groups in total. The van der Waals surface area contributed by atoms with E-state index >= 15 is 0 Å². The second-order valence-electron chi connectivity index (χ2n) is 4.39. The molecule has 0 unspecified atom stereocenters. The normalized spacial score (nSPS) is 10.5. The predicted octanol–water partition coefficient (Wildman–Crippen LogP) is 1.88. The first-order chi connectivity index (χ1) is 10.2. The molecule has 6 nitrogen and oxygen atoms in total. The average molecular weight is 281 g/mol. The molecule has 0 aliphatic heterocycles. The molecule has 0 saturated heterocycles. The van der Waals surface area contributed by atoms with E-state index in [0.29, 0.717) is 16.7 Å². The van der Waals surface area contributed by atoms with Gasteiger partial charge < -0.3 is 15.4 Å². The second-order valence-corrected chi connectivity index (χ2v) is 4.39. The molecular weight excluding hydrogens is 270 g/mol. The van der Waals surface area contributed by atoms with E-state index in [0.717, 1.165) is 0 Å². The van der Waals surface area contributed by atoms with Crippen LogP contribution in [-0.4, -0.2) is 21.0 Å². The van der Waals surface area contributed by atoms with Gasteiger partial charge in [-0.3, -0.25) is 9.59 Å². The number of anilines is 1. The lowest BCUT2D eigenvalue weighted by molar-refractivity contribution is 0.102. The second kappa shape index (κ2) is 5.09. The van der Waals surface area contributed by atoms with Gasteiger partial charge in [0.05, 0.1) is 5.52 Å². The van der Waals surface area contributed by atoms with Crippen LogP contribution >= 0.6 is 0 Å². The van der Waals surface area contributed by atoms with Gasteiger partial charge in [0.25, 0.3) is 11.5 Å². The molecule has 21 heavy (non-hydrogen) atoms. The summed E-state index contributed by atoms with van der Waals surface area (Å²) in [4.78, 5) is 30.7. The van der Waals surface area contributed by atoms with Crippen molar-refractivity contribution in [2.24, 2.45) is 0 Å². The molecule has 2 aromatic heterocycles. The Hall–Kier alpha value is -3.15. The van der Waals surface area contributed by atoms with Crippen LogP contribution in [0.1, 0.15) is 10.4 Å². The van der Waals surface area contributed by atoms with E-state index in [1.54, 1.807) is 42.5 Å². The quantitative estimate of drug-likeness (QED) is 0.668. The van der Waals surface area contributed by atoms with Crippen molar-refractivity contribution in [3.63, 3.8) is 0 Å². The van der Waals surface area contributed by atoms with Gasteiger partial charge in [0.1, 0.15) is 17.1 Å². The Morgan fingerprint density at radius 3 is 2.67 bits per heavy atom. The molecule has 0 saturated carbocycles. The largest absolute Gasteiger partial charge is 0.506 e. The molecule has 0 spiro atoms. The summed E-state index contributed by atoms with van der Waals surface area (Å²) in [5.74, 6) is -0.754. The van der Waals surface area contributed by atoms with Crippen molar-refractivity contribution in [3.05, 3.63) is 64.6 Å². The summed E-state index contributed by atoms with van der Waals surface area (Å²) in [6.07, 6.45) is 1.51. The minimum Gasteiger partial charge on any atom is -0.506 e. The predicted molar refractivity (Wildman–Crippen MR) is 78.4 cm³/mol. The molecule has 0 aliphatic carbocycles. The number of rotatable bonds is 2. The van der Waals surface area contributed by atoms with E-state index in [1.807, 2.05) is 0 Å². The molecule has 0 bridgehead atoms. The third-order valence-electron chi connectivity index (χ3n) is 3.03. The molecule has 104 valence electrons. The van der Waals surface area contributed by atoms with Crippen molar-refractivity contribution < 1.29 is 9.90 Å². The molecule has 1 amide bonds. The topological polar surface area (TPSA) is 95.1 Å². The van der Waals surface area contributed by atoms with E-state index in [2.05, 4.69) is 15.3 Å². The minimum absolute atomic E-state index is 0.300. The van der Waals surface area contributed by atoms with Gasteiger partial charge in [-0.2, -0.15) is 0 Å². The number of carbonyl (C=O) groups is 1. The van der Waals surface area contributed by atoms with E-state index in [4.69, 9.17) is 0 Å².